The van der Waals surface area contributed by atoms with Crippen LogP contribution in [0.4, 0.5) is 13.9 Å². The van der Waals surface area contributed by atoms with Gasteiger partial charge in [-0.2, -0.15) is 0 Å². The molecule has 0 aliphatic rings. The standard InChI is InChI=1S/C19H16F2N4OS2/c1-24(2)5-6-25(18(26)11-3-4-14-15(7-11)27-10-22-14)19-23-17-13(21)8-12(20)9-16(17)28-19/h3-4,7-10H,5-6H2,1-2H3. The average Bonchev–Trinajstić information content (AvgIpc) is 3.27. The molecule has 0 saturated carbocycles. The van der Waals surface area contributed by atoms with E-state index in [1.165, 1.54) is 22.3 Å². The molecule has 2 aromatic carbocycles. The van der Waals surface area contributed by atoms with Crippen molar-refractivity contribution >= 4 is 54.1 Å². The van der Waals surface area contributed by atoms with Gasteiger partial charge in [0, 0.05) is 24.7 Å². The fourth-order valence-electron chi connectivity index (χ4n) is 2.79. The molecule has 144 valence electrons. The number of carbonyl (C=O) groups is 1. The van der Waals surface area contributed by atoms with Crippen LogP contribution in [0, 0.1) is 11.6 Å². The van der Waals surface area contributed by atoms with Crippen molar-refractivity contribution in [3.63, 3.8) is 0 Å². The van der Waals surface area contributed by atoms with Gasteiger partial charge in [-0.25, -0.2) is 18.7 Å². The quantitative estimate of drug-likeness (QED) is 0.482. The molecule has 0 aliphatic heterocycles. The number of benzene rings is 2. The van der Waals surface area contributed by atoms with Gasteiger partial charge in [0.25, 0.3) is 5.91 Å². The summed E-state index contributed by atoms with van der Waals surface area (Å²) < 4.78 is 28.9. The summed E-state index contributed by atoms with van der Waals surface area (Å²) in [6.07, 6.45) is 0. The van der Waals surface area contributed by atoms with Gasteiger partial charge in [-0.15, -0.1) is 11.3 Å². The summed E-state index contributed by atoms with van der Waals surface area (Å²) >= 11 is 2.56. The highest BCUT2D eigenvalue weighted by molar-refractivity contribution is 7.22. The van der Waals surface area contributed by atoms with Crippen molar-refractivity contribution in [2.75, 3.05) is 32.1 Å². The van der Waals surface area contributed by atoms with Gasteiger partial charge in [0.1, 0.15) is 11.3 Å². The van der Waals surface area contributed by atoms with Crippen molar-refractivity contribution in [2.24, 2.45) is 0 Å². The van der Waals surface area contributed by atoms with Gasteiger partial charge in [-0.3, -0.25) is 9.69 Å². The Morgan fingerprint density at radius 2 is 1.93 bits per heavy atom. The highest BCUT2D eigenvalue weighted by atomic mass is 32.1. The number of likely N-dealkylation sites (N-methyl/N-ethyl adjacent to an activating group) is 1. The van der Waals surface area contributed by atoms with E-state index in [9.17, 15) is 13.6 Å². The first kappa shape index (κ1) is 18.9. The molecule has 0 N–H and O–H groups in total. The Labute approximate surface area is 167 Å². The molecular weight excluding hydrogens is 402 g/mol. The number of nitrogens with zero attached hydrogens (tertiary/aromatic N) is 4. The maximum atomic E-state index is 14.1. The van der Waals surface area contributed by atoms with Crippen LogP contribution in [0.3, 0.4) is 0 Å². The fourth-order valence-corrected chi connectivity index (χ4v) is 4.53. The van der Waals surface area contributed by atoms with Gasteiger partial charge < -0.3 is 4.90 Å². The number of hydrogen-bond acceptors (Lipinski definition) is 6. The predicted molar refractivity (Wildman–Crippen MR) is 109 cm³/mol. The molecule has 0 spiro atoms. The zero-order valence-corrected chi connectivity index (χ0v) is 16.8. The highest BCUT2D eigenvalue weighted by Crippen LogP contribution is 2.32. The average molecular weight is 418 g/mol. The van der Waals surface area contributed by atoms with Crippen LogP contribution < -0.4 is 4.90 Å². The minimum absolute atomic E-state index is 0.0713. The normalized spacial score (nSPS) is 11.6. The molecule has 2 aromatic heterocycles. The van der Waals surface area contributed by atoms with E-state index in [0.717, 1.165) is 27.6 Å². The van der Waals surface area contributed by atoms with E-state index in [-0.39, 0.29) is 11.4 Å². The third kappa shape index (κ3) is 3.60. The third-order valence-electron chi connectivity index (χ3n) is 4.23. The minimum atomic E-state index is -0.733. The molecule has 2 heterocycles. The fraction of sp³-hybridized carbons (Fsp3) is 0.211. The van der Waals surface area contributed by atoms with E-state index < -0.39 is 11.6 Å². The predicted octanol–water partition coefficient (Wildman–Crippen LogP) is 4.39. The monoisotopic (exact) mass is 418 g/mol. The van der Waals surface area contributed by atoms with E-state index in [0.29, 0.717) is 28.5 Å². The number of hydrogen-bond donors (Lipinski definition) is 0. The van der Waals surface area contributed by atoms with Crippen LogP contribution in [0.25, 0.3) is 20.4 Å². The Hall–Kier alpha value is -2.49. The van der Waals surface area contributed by atoms with Crippen LogP contribution >= 0.6 is 22.7 Å². The van der Waals surface area contributed by atoms with E-state index in [4.69, 9.17) is 0 Å². The summed E-state index contributed by atoms with van der Waals surface area (Å²) in [6.45, 7) is 0.970. The Bertz CT molecular complexity index is 1170. The molecule has 0 radical (unpaired) electrons. The van der Waals surface area contributed by atoms with Crippen molar-refractivity contribution in [1.82, 2.24) is 14.9 Å². The lowest BCUT2D eigenvalue weighted by Gasteiger charge is -2.22. The Morgan fingerprint density at radius 1 is 1.11 bits per heavy atom. The molecule has 0 unspecified atom stereocenters. The van der Waals surface area contributed by atoms with Crippen LogP contribution in [-0.4, -0.2) is 48.0 Å². The molecule has 28 heavy (non-hydrogen) atoms. The van der Waals surface area contributed by atoms with Crippen LogP contribution in [0.5, 0.6) is 0 Å². The number of halogens is 2. The number of amides is 1. The second kappa shape index (κ2) is 7.50. The molecule has 4 rings (SSSR count). The van der Waals surface area contributed by atoms with Crippen molar-refractivity contribution in [3.05, 3.63) is 53.0 Å². The van der Waals surface area contributed by atoms with Crippen LogP contribution in [0.2, 0.25) is 0 Å². The molecule has 0 fully saturated rings. The van der Waals surface area contributed by atoms with Crippen LogP contribution in [0.1, 0.15) is 10.4 Å². The number of rotatable bonds is 5. The Balaban J connectivity index is 1.75. The molecule has 5 nitrogen and oxygen atoms in total. The van der Waals surface area contributed by atoms with Gasteiger partial charge >= 0.3 is 0 Å². The lowest BCUT2D eigenvalue weighted by Crippen LogP contribution is -2.36. The van der Waals surface area contributed by atoms with Crippen LogP contribution in [-0.2, 0) is 0 Å². The number of carbonyl (C=O) groups excluding carboxylic acids is 1. The van der Waals surface area contributed by atoms with E-state index in [1.807, 2.05) is 19.0 Å². The van der Waals surface area contributed by atoms with Crippen molar-refractivity contribution in [3.8, 4) is 0 Å². The van der Waals surface area contributed by atoms with Crippen molar-refractivity contribution < 1.29 is 13.6 Å². The SMILES string of the molecule is CN(C)CCN(C(=O)c1ccc2ncsc2c1)c1nc2c(F)cc(F)cc2s1. The van der Waals surface area contributed by atoms with E-state index >= 15 is 0 Å². The van der Waals surface area contributed by atoms with Crippen molar-refractivity contribution in [1.29, 1.82) is 0 Å². The smallest absolute Gasteiger partial charge is 0.260 e. The molecule has 0 atom stereocenters. The highest BCUT2D eigenvalue weighted by Gasteiger charge is 2.23. The second-order valence-corrected chi connectivity index (χ2v) is 8.42. The number of anilines is 1. The molecule has 4 aromatic rings. The molecule has 0 bridgehead atoms. The van der Waals surface area contributed by atoms with Crippen LogP contribution in [0.15, 0.2) is 35.8 Å². The summed E-state index contributed by atoms with van der Waals surface area (Å²) in [5.41, 5.74) is 3.13. The van der Waals surface area contributed by atoms with Gasteiger partial charge in [-0.05, 0) is 38.4 Å². The lowest BCUT2D eigenvalue weighted by molar-refractivity contribution is 0.0985. The van der Waals surface area contributed by atoms with E-state index in [2.05, 4.69) is 9.97 Å². The first-order valence-corrected chi connectivity index (χ1v) is 10.2. The van der Waals surface area contributed by atoms with Gasteiger partial charge in [0.05, 0.1) is 20.4 Å². The first-order valence-electron chi connectivity index (χ1n) is 8.48. The summed E-state index contributed by atoms with van der Waals surface area (Å²) in [5.74, 6) is -1.64. The van der Waals surface area contributed by atoms with E-state index in [1.54, 1.807) is 23.7 Å². The van der Waals surface area contributed by atoms with Gasteiger partial charge in [0.15, 0.2) is 10.9 Å². The Kier molecular flexibility index (Phi) is 5.05. The second-order valence-electron chi connectivity index (χ2n) is 6.53. The summed E-state index contributed by atoms with van der Waals surface area (Å²) in [4.78, 5) is 25.2. The largest absolute Gasteiger partial charge is 0.308 e. The maximum Gasteiger partial charge on any atom is 0.260 e. The Morgan fingerprint density at radius 3 is 2.71 bits per heavy atom. The first-order chi connectivity index (χ1) is 13.4. The van der Waals surface area contributed by atoms with Gasteiger partial charge in [-0.1, -0.05) is 11.3 Å². The minimum Gasteiger partial charge on any atom is -0.308 e. The zero-order valence-electron chi connectivity index (χ0n) is 15.1. The number of fused-ring (bicyclic) bond motifs is 2. The summed E-state index contributed by atoms with van der Waals surface area (Å²) in [7, 11) is 3.80. The third-order valence-corrected chi connectivity index (χ3v) is 6.04. The molecule has 9 heteroatoms. The van der Waals surface area contributed by atoms with Crippen molar-refractivity contribution in [2.45, 2.75) is 0 Å². The molecule has 0 aliphatic carbocycles. The number of aromatic nitrogens is 2. The summed E-state index contributed by atoms with van der Waals surface area (Å²) in [6, 6.07) is 7.36. The number of thiazole rings is 2. The molecule has 1 amide bonds. The molecule has 0 saturated heterocycles. The maximum absolute atomic E-state index is 14.1. The lowest BCUT2D eigenvalue weighted by atomic mass is 10.2. The van der Waals surface area contributed by atoms with Gasteiger partial charge in [0.2, 0.25) is 0 Å². The summed E-state index contributed by atoms with van der Waals surface area (Å²) in [5, 5.41) is 0.343. The molecular formula is C19H16F2N4OS2. The topological polar surface area (TPSA) is 49.3 Å². The zero-order chi connectivity index (χ0) is 19.8.